The van der Waals surface area contributed by atoms with Crippen LogP contribution >= 0.6 is 0 Å². The zero-order valence-corrected chi connectivity index (χ0v) is 14.4. The average Bonchev–Trinajstić information content (AvgIpc) is 2.62. The number of aromatic nitrogens is 1. The highest BCUT2D eigenvalue weighted by Gasteiger charge is 2.10. The van der Waals surface area contributed by atoms with Crippen LogP contribution in [0.2, 0.25) is 0 Å². The van der Waals surface area contributed by atoms with Crippen LogP contribution in [0.15, 0.2) is 73.1 Å². The van der Waals surface area contributed by atoms with Gasteiger partial charge in [-0.1, -0.05) is 42.5 Å². The van der Waals surface area contributed by atoms with E-state index >= 15 is 0 Å². The largest absolute Gasteiger partial charge is 0.369 e. The lowest BCUT2D eigenvalue weighted by Gasteiger charge is -2.19. The van der Waals surface area contributed by atoms with Gasteiger partial charge < -0.3 is 10.2 Å². The van der Waals surface area contributed by atoms with Gasteiger partial charge in [0.2, 0.25) is 0 Å². The zero-order valence-electron chi connectivity index (χ0n) is 14.4. The SMILES string of the molecule is Cc1cccc(NC(=O)c2cncc(N(C)Cc3ccccc3)c2)c1. The topological polar surface area (TPSA) is 45.2 Å². The monoisotopic (exact) mass is 331 g/mol. The number of hydrogen-bond donors (Lipinski definition) is 1. The molecule has 126 valence electrons. The lowest BCUT2D eigenvalue weighted by molar-refractivity contribution is 0.102. The van der Waals surface area contributed by atoms with E-state index in [1.54, 1.807) is 12.4 Å². The molecule has 0 fully saturated rings. The molecule has 25 heavy (non-hydrogen) atoms. The minimum absolute atomic E-state index is 0.159. The van der Waals surface area contributed by atoms with Crippen molar-refractivity contribution in [3.63, 3.8) is 0 Å². The van der Waals surface area contributed by atoms with Crippen molar-refractivity contribution in [2.24, 2.45) is 0 Å². The van der Waals surface area contributed by atoms with E-state index in [0.29, 0.717) is 5.56 Å². The number of amides is 1. The molecule has 3 aromatic rings. The van der Waals surface area contributed by atoms with Crippen LogP contribution in [-0.2, 0) is 6.54 Å². The van der Waals surface area contributed by atoms with Gasteiger partial charge in [0.1, 0.15) is 0 Å². The van der Waals surface area contributed by atoms with Crippen LogP contribution in [0.3, 0.4) is 0 Å². The molecular weight excluding hydrogens is 310 g/mol. The number of rotatable bonds is 5. The molecule has 4 nitrogen and oxygen atoms in total. The standard InChI is InChI=1S/C21H21N3O/c1-16-7-6-10-19(11-16)23-21(25)18-12-20(14-22-13-18)24(2)15-17-8-4-3-5-9-17/h3-14H,15H2,1-2H3,(H,23,25). The Labute approximate surface area is 148 Å². The van der Waals surface area contributed by atoms with E-state index < -0.39 is 0 Å². The van der Waals surface area contributed by atoms with Crippen molar-refractivity contribution in [1.29, 1.82) is 0 Å². The summed E-state index contributed by atoms with van der Waals surface area (Å²) in [6.07, 6.45) is 3.36. The van der Waals surface area contributed by atoms with E-state index in [2.05, 4.69) is 27.3 Å². The molecular formula is C21H21N3O. The molecule has 0 aliphatic heterocycles. The zero-order chi connectivity index (χ0) is 17.6. The Morgan fingerprint density at radius 1 is 1.04 bits per heavy atom. The van der Waals surface area contributed by atoms with Crippen LogP contribution in [-0.4, -0.2) is 17.9 Å². The molecule has 0 aliphatic rings. The highest BCUT2D eigenvalue weighted by atomic mass is 16.1. The Bertz CT molecular complexity index is 862. The first kappa shape index (κ1) is 16.7. The smallest absolute Gasteiger partial charge is 0.257 e. The van der Waals surface area contributed by atoms with E-state index in [0.717, 1.165) is 23.5 Å². The van der Waals surface area contributed by atoms with Crippen LogP contribution in [0.25, 0.3) is 0 Å². The number of benzene rings is 2. The van der Waals surface area contributed by atoms with Crippen molar-refractivity contribution in [2.75, 3.05) is 17.3 Å². The van der Waals surface area contributed by atoms with Crippen molar-refractivity contribution in [1.82, 2.24) is 4.98 Å². The number of carbonyl (C=O) groups is 1. The van der Waals surface area contributed by atoms with Crippen LogP contribution in [0, 0.1) is 6.92 Å². The number of nitrogens with zero attached hydrogens (tertiary/aromatic N) is 2. The van der Waals surface area contributed by atoms with Crippen molar-refractivity contribution >= 4 is 17.3 Å². The second-order valence-electron chi connectivity index (χ2n) is 6.10. The van der Waals surface area contributed by atoms with Crippen molar-refractivity contribution in [3.05, 3.63) is 89.7 Å². The number of anilines is 2. The average molecular weight is 331 g/mol. The molecule has 0 bridgehead atoms. The Hall–Kier alpha value is -3.14. The summed E-state index contributed by atoms with van der Waals surface area (Å²) in [5.74, 6) is -0.159. The van der Waals surface area contributed by atoms with Gasteiger partial charge in [-0.05, 0) is 36.2 Å². The third-order valence-corrected chi connectivity index (χ3v) is 3.97. The fourth-order valence-corrected chi connectivity index (χ4v) is 2.64. The number of hydrogen-bond acceptors (Lipinski definition) is 3. The second-order valence-corrected chi connectivity index (χ2v) is 6.10. The first-order chi connectivity index (χ1) is 12.1. The summed E-state index contributed by atoms with van der Waals surface area (Å²) in [5.41, 5.74) is 4.54. The van der Waals surface area contributed by atoms with E-state index in [-0.39, 0.29) is 5.91 Å². The molecule has 4 heteroatoms. The molecule has 0 saturated carbocycles. The summed E-state index contributed by atoms with van der Waals surface area (Å²) >= 11 is 0. The van der Waals surface area contributed by atoms with Gasteiger partial charge >= 0.3 is 0 Å². The Morgan fingerprint density at radius 3 is 2.60 bits per heavy atom. The lowest BCUT2D eigenvalue weighted by atomic mass is 10.2. The lowest BCUT2D eigenvalue weighted by Crippen LogP contribution is -2.18. The van der Waals surface area contributed by atoms with E-state index in [4.69, 9.17) is 0 Å². The number of carbonyl (C=O) groups excluding carboxylic acids is 1. The summed E-state index contributed by atoms with van der Waals surface area (Å²) in [4.78, 5) is 18.8. The van der Waals surface area contributed by atoms with Crippen molar-refractivity contribution < 1.29 is 4.79 Å². The van der Waals surface area contributed by atoms with Crippen LogP contribution in [0.4, 0.5) is 11.4 Å². The number of pyridine rings is 1. The van der Waals surface area contributed by atoms with Crippen molar-refractivity contribution in [2.45, 2.75) is 13.5 Å². The molecule has 0 atom stereocenters. The third-order valence-electron chi connectivity index (χ3n) is 3.97. The van der Waals surface area contributed by atoms with Gasteiger partial charge in [0.25, 0.3) is 5.91 Å². The van der Waals surface area contributed by atoms with Gasteiger partial charge in [-0.15, -0.1) is 0 Å². The summed E-state index contributed by atoms with van der Waals surface area (Å²) in [6, 6.07) is 19.8. The Kier molecular flexibility index (Phi) is 5.09. The summed E-state index contributed by atoms with van der Waals surface area (Å²) in [6.45, 7) is 2.75. The summed E-state index contributed by atoms with van der Waals surface area (Å²) in [5, 5.41) is 2.92. The predicted octanol–water partition coefficient (Wildman–Crippen LogP) is 4.28. The maximum Gasteiger partial charge on any atom is 0.257 e. The molecule has 3 rings (SSSR count). The van der Waals surface area contributed by atoms with Gasteiger partial charge in [0.15, 0.2) is 0 Å². The number of aryl methyl sites for hydroxylation is 1. The highest BCUT2D eigenvalue weighted by Crippen LogP contribution is 2.17. The van der Waals surface area contributed by atoms with Gasteiger partial charge in [-0.3, -0.25) is 9.78 Å². The minimum Gasteiger partial charge on any atom is -0.369 e. The predicted molar refractivity (Wildman–Crippen MR) is 102 cm³/mol. The molecule has 0 saturated heterocycles. The molecule has 1 aromatic heterocycles. The highest BCUT2D eigenvalue weighted by molar-refractivity contribution is 6.04. The quantitative estimate of drug-likeness (QED) is 0.759. The molecule has 0 spiro atoms. The molecule has 0 aliphatic carbocycles. The molecule has 1 heterocycles. The first-order valence-corrected chi connectivity index (χ1v) is 8.20. The molecule has 1 amide bonds. The van der Waals surface area contributed by atoms with Gasteiger partial charge in [-0.2, -0.15) is 0 Å². The molecule has 0 unspecified atom stereocenters. The molecule has 0 radical (unpaired) electrons. The first-order valence-electron chi connectivity index (χ1n) is 8.20. The maximum absolute atomic E-state index is 12.5. The Morgan fingerprint density at radius 2 is 1.84 bits per heavy atom. The van der Waals surface area contributed by atoms with Crippen LogP contribution < -0.4 is 10.2 Å². The maximum atomic E-state index is 12.5. The van der Waals surface area contributed by atoms with Gasteiger partial charge in [-0.25, -0.2) is 0 Å². The fourth-order valence-electron chi connectivity index (χ4n) is 2.64. The minimum atomic E-state index is -0.159. The van der Waals surface area contributed by atoms with E-state index in [1.165, 1.54) is 5.56 Å². The van der Waals surface area contributed by atoms with Crippen LogP contribution in [0.1, 0.15) is 21.5 Å². The van der Waals surface area contributed by atoms with Crippen molar-refractivity contribution in [3.8, 4) is 0 Å². The third kappa shape index (κ3) is 4.44. The number of nitrogens with one attached hydrogen (secondary N) is 1. The van der Waals surface area contributed by atoms with Gasteiger partial charge in [0, 0.05) is 25.5 Å². The van der Waals surface area contributed by atoms with Gasteiger partial charge in [0.05, 0.1) is 17.4 Å². The van der Waals surface area contributed by atoms with E-state index in [9.17, 15) is 4.79 Å². The fraction of sp³-hybridized carbons (Fsp3) is 0.143. The normalized spacial score (nSPS) is 10.3. The second kappa shape index (κ2) is 7.62. The summed E-state index contributed by atoms with van der Waals surface area (Å²) in [7, 11) is 1.99. The molecule has 2 aromatic carbocycles. The van der Waals surface area contributed by atoms with E-state index in [1.807, 2.05) is 62.5 Å². The molecule has 1 N–H and O–H groups in total. The Balaban J connectivity index is 1.73. The summed E-state index contributed by atoms with van der Waals surface area (Å²) < 4.78 is 0. The van der Waals surface area contributed by atoms with Crippen LogP contribution in [0.5, 0.6) is 0 Å².